The van der Waals surface area contributed by atoms with Crippen molar-refractivity contribution in [2.45, 2.75) is 6.92 Å². The molecule has 102 valence electrons. The second-order valence-corrected chi connectivity index (χ2v) is 5.32. The quantitative estimate of drug-likeness (QED) is 0.495. The zero-order valence-corrected chi connectivity index (χ0v) is 12.0. The third-order valence-electron chi connectivity index (χ3n) is 3.89. The summed E-state index contributed by atoms with van der Waals surface area (Å²) in [6, 6.07) is 14.3. The molecule has 0 aliphatic carbocycles. The zero-order chi connectivity index (χ0) is 14.4. The maximum absolute atomic E-state index is 5.93. The highest BCUT2D eigenvalue weighted by atomic mass is 16.3. The summed E-state index contributed by atoms with van der Waals surface area (Å²) in [5, 5.41) is 2.28. The van der Waals surface area contributed by atoms with Gasteiger partial charge < -0.3 is 4.42 Å². The fourth-order valence-electron chi connectivity index (χ4n) is 2.82. The summed E-state index contributed by atoms with van der Waals surface area (Å²) in [7, 11) is 2.01. The van der Waals surface area contributed by atoms with Crippen LogP contribution >= 0.6 is 0 Å². The molecule has 0 N–H and O–H groups in total. The molecule has 4 rings (SSSR count). The third-order valence-corrected chi connectivity index (χ3v) is 3.89. The van der Waals surface area contributed by atoms with Gasteiger partial charge in [0.25, 0.3) is 0 Å². The lowest BCUT2D eigenvalue weighted by Gasteiger charge is -2.03. The Hall–Kier alpha value is -2.68. The number of hydrogen-bond donors (Lipinski definition) is 0. The number of aryl methyl sites for hydroxylation is 2. The largest absolute Gasteiger partial charge is 0.456 e. The number of furan rings is 1. The summed E-state index contributed by atoms with van der Waals surface area (Å²) in [6.07, 6.45) is 3.84. The second-order valence-electron chi connectivity index (χ2n) is 5.32. The molecule has 4 aromatic rings. The molecule has 0 saturated carbocycles. The SMILES string of the molecule is Cc1cc2oc3ccccc3c2cc1-c1nccc[n+]1C. The maximum Gasteiger partial charge on any atom is 0.330 e. The Morgan fingerprint density at radius 2 is 1.86 bits per heavy atom. The van der Waals surface area contributed by atoms with E-state index in [0.717, 1.165) is 38.9 Å². The Balaban J connectivity index is 2.08. The Labute approximate surface area is 122 Å². The van der Waals surface area contributed by atoms with E-state index in [9.17, 15) is 0 Å². The van der Waals surface area contributed by atoms with Gasteiger partial charge in [-0.3, -0.25) is 0 Å². The zero-order valence-electron chi connectivity index (χ0n) is 12.0. The molecule has 0 bridgehead atoms. The van der Waals surface area contributed by atoms with Gasteiger partial charge in [-0.05, 0) is 35.7 Å². The van der Waals surface area contributed by atoms with Gasteiger partial charge in [-0.2, -0.15) is 0 Å². The van der Waals surface area contributed by atoms with Crippen LogP contribution in [0.2, 0.25) is 0 Å². The number of nitrogens with zero attached hydrogens (tertiary/aromatic N) is 2. The summed E-state index contributed by atoms with van der Waals surface area (Å²) in [5.74, 6) is 0.960. The maximum atomic E-state index is 5.93. The number of benzene rings is 2. The molecule has 0 spiro atoms. The first-order valence-corrected chi connectivity index (χ1v) is 6.97. The molecule has 0 radical (unpaired) electrons. The van der Waals surface area contributed by atoms with E-state index < -0.39 is 0 Å². The minimum absolute atomic E-state index is 0.925. The van der Waals surface area contributed by atoms with Gasteiger partial charge in [0.2, 0.25) is 0 Å². The predicted octanol–water partition coefficient (Wildman–Crippen LogP) is 3.78. The van der Waals surface area contributed by atoms with Crippen LogP contribution in [0.15, 0.2) is 59.3 Å². The number of para-hydroxylation sites is 1. The average molecular weight is 275 g/mol. The van der Waals surface area contributed by atoms with Crippen LogP contribution in [0, 0.1) is 6.92 Å². The second kappa shape index (κ2) is 4.42. The molecule has 0 aliphatic heterocycles. The van der Waals surface area contributed by atoms with Crippen molar-refractivity contribution in [2.75, 3.05) is 0 Å². The predicted molar refractivity (Wildman–Crippen MR) is 82.9 cm³/mol. The Kier molecular flexibility index (Phi) is 2.54. The van der Waals surface area contributed by atoms with Crippen LogP contribution in [0.25, 0.3) is 33.3 Å². The van der Waals surface area contributed by atoms with Crippen LogP contribution in [0.1, 0.15) is 5.56 Å². The first-order valence-electron chi connectivity index (χ1n) is 6.97. The van der Waals surface area contributed by atoms with Crippen LogP contribution < -0.4 is 4.57 Å². The van der Waals surface area contributed by atoms with Crippen molar-refractivity contribution in [3.63, 3.8) is 0 Å². The highest BCUT2D eigenvalue weighted by Crippen LogP contribution is 2.33. The monoisotopic (exact) mass is 275 g/mol. The molecule has 0 saturated heterocycles. The Bertz CT molecular complexity index is 969. The summed E-state index contributed by atoms with van der Waals surface area (Å²) in [4.78, 5) is 4.51. The van der Waals surface area contributed by atoms with Crippen molar-refractivity contribution in [3.05, 3.63) is 60.4 Å². The van der Waals surface area contributed by atoms with Gasteiger partial charge in [-0.15, -0.1) is 0 Å². The molecular formula is C18H15N2O+. The van der Waals surface area contributed by atoms with E-state index in [1.54, 1.807) is 0 Å². The van der Waals surface area contributed by atoms with Gasteiger partial charge >= 0.3 is 5.82 Å². The molecule has 21 heavy (non-hydrogen) atoms. The van der Waals surface area contributed by atoms with Gasteiger partial charge in [0, 0.05) is 16.8 Å². The van der Waals surface area contributed by atoms with Crippen LogP contribution in [-0.4, -0.2) is 4.98 Å². The molecule has 0 unspecified atom stereocenters. The van der Waals surface area contributed by atoms with E-state index in [2.05, 4.69) is 30.1 Å². The van der Waals surface area contributed by atoms with E-state index in [0.29, 0.717) is 0 Å². The Morgan fingerprint density at radius 3 is 2.71 bits per heavy atom. The molecule has 0 aliphatic rings. The fraction of sp³-hybridized carbons (Fsp3) is 0.111. The van der Waals surface area contributed by atoms with E-state index >= 15 is 0 Å². The number of aromatic nitrogens is 2. The van der Waals surface area contributed by atoms with Gasteiger partial charge in [-0.25, -0.2) is 4.57 Å². The van der Waals surface area contributed by atoms with Gasteiger partial charge in [0.1, 0.15) is 17.4 Å². The van der Waals surface area contributed by atoms with E-state index in [1.807, 2.05) is 48.3 Å². The molecule has 2 aromatic heterocycles. The highest BCUT2D eigenvalue weighted by Gasteiger charge is 2.17. The molecule has 0 amide bonds. The van der Waals surface area contributed by atoms with Gasteiger partial charge in [0.15, 0.2) is 0 Å². The van der Waals surface area contributed by atoms with E-state index in [-0.39, 0.29) is 0 Å². The van der Waals surface area contributed by atoms with Crippen molar-refractivity contribution in [1.29, 1.82) is 0 Å². The van der Waals surface area contributed by atoms with Crippen LogP contribution in [0.5, 0.6) is 0 Å². The lowest BCUT2D eigenvalue weighted by Crippen LogP contribution is -2.31. The smallest absolute Gasteiger partial charge is 0.330 e. The topological polar surface area (TPSA) is 29.9 Å². The van der Waals surface area contributed by atoms with Gasteiger partial charge in [-0.1, -0.05) is 18.2 Å². The first kappa shape index (κ1) is 12.1. The standard InChI is InChI=1S/C18H15N2O/c1-12-10-17-15(13-6-3-4-7-16(13)21-17)11-14(12)18-19-8-5-9-20(18)2/h3-11H,1-2H3/q+1. The van der Waals surface area contributed by atoms with Crippen LogP contribution in [-0.2, 0) is 7.05 Å². The molecular weight excluding hydrogens is 260 g/mol. The number of rotatable bonds is 1. The van der Waals surface area contributed by atoms with E-state index in [1.165, 1.54) is 0 Å². The molecule has 2 heterocycles. The lowest BCUT2D eigenvalue weighted by molar-refractivity contribution is -0.663. The van der Waals surface area contributed by atoms with E-state index in [4.69, 9.17) is 4.42 Å². The third kappa shape index (κ3) is 1.82. The van der Waals surface area contributed by atoms with Crippen molar-refractivity contribution >= 4 is 21.9 Å². The minimum atomic E-state index is 0.925. The van der Waals surface area contributed by atoms with Crippen LogP contribution in [0.3, 0.4) is 0 Å². The molecule has 2 aromatic carbocycles. The summed E-state index contributed by atoms with van der Waals surface area (Å²) >= 11 is 0. The van der Waals surface area contributed by atoms with Crippen molar-refractivity contribution in [2.24, 2.45) is 7.05 Å². The van der Waals surface area contributed by atoms with Crippen LogP contribution in [0.4, 0.5) is 0 Å². The first-order chi connectivity index (χ1) is 10.2. The van der Waals surface area contributed by atoms with Crippen molar-refractivity contribution < 1.29 is 8.98 Å². The average Bonchev–Trinajstić information content (AvgIpc) is 2.84. The lowest BCUT2D eigenvalue weighted by atomic mass is 10.0. The molecule has 3 heteroatoms. The summed E-state index contributed by atoms with van der Waals surface area (Å²) in [5.41, 5.74) is 4.15. The summed E-state index contributed by atoms with van der Waals surface area (Å²) < 4.78 is 7.97. The minimum Gasteiger partial charge on any atom is -0.456 e. The van der Waals surface area contributed by atoms with Gasteiger partial charge in [0.05, 0.1) is 18.8 Å². The molecule has 0 atom stereocenters. The fourth-order valence-corrected chi connectivity index (χ4v) is 2.82. The number of fused-ring (bicyclic) bond motifs is 3. The number of hydrogen-bond acceptors (Lipinski definition) is 2. The molecule has 3 nitrogen and oxygen atoms in total. The Morgan fingerprint density at radius 1 is 1.00 bits per heavy atom. The summed E-state index contributed by atoms with van der Waals surface area (Å²) in [6.45, 7) is 2.09. The van der Waals surface area contributed by atoms with Crippen molar-refractivity contribution in [1.82, 2.24) is 4.98 Å². The normalized spacial score (nSPS) is 11.3. The molecule has 0 fully saturated rings. The highest BCUT2D eigenvalue weighted by molar-refractivity contribution is 6.06. The van der Waals surface area contributed by atoms with Crippen molar-refractivity contribution in [3.8, 4) is 11.4 Å².